The van der Waals surface area contributed by atoms with E-state index in [1.165, 1.54) is 37.7 Å². The zero-order valence-electron chi connectivity index (χ0n) is 11.4. The van der Waals surface area contributed by atoms with Crippen molar-refractivity contribution in [3.8, 4) is 5.75 Å². The van der Waals surface area contributed by atoms with Crippen molar-refractivity contribution in [1.82, 2.24) is 5.32 Å². The van der Waals surface area contributed by atoms with E-state index in [0.29, 0.717) is 11.8 Å². The Balaban J connectivity index is 1.76. The predicted molar refractivity (Wildman–Crippen MR) is 75.9 cm³/mol. The lowest BCUT2D eigenvalue weighted by Crippen LogP contribution is -2.35. The van der Waals surface area contributed by atoms with Crippen molar-refractivity contribution in [2.45, 2.75) is 51.5 Å². The van der Waals surface area contributed by atoms with E-state index in [1.54, 1.807) is 6.07 Å². The van der Waals surface area contributed by atoms with Gasteiger partial charge in [-0.1, -0.05) is 31.9 Å². The van der Waals surface area contributed by atoms with Gasteiger partial charge in [0.05, 0.1) is 0 Å². The zero-order chi connectivity index (χ0) is 12.8. The first-order valence-corrected chi connectivity index (χ1v) is 7.31. The Morgan fingerprint density at radius 1 is 1.33 bits per heavy atom. The van der Waals surface area contributed by atoms with Crippen LogP contribution in [0.3, 0.4) is 0 Å². The summed E-state index contributed by atoms with van der Waals surface area (Å²) >= 11 is 0. The lowest BCUT2D eigenvalue weighted by atomic mass is 9.96. The topological polar surface area (TPSA) is 32.3 Å². The molecule has 0 saturated heterocycles. The van der Waals surface area contributed by atoms with Crippen molar-refractivity contribution in [2.24, 2.45) is 5.92 Å². The van der Waals surface area contributed by atoms with Gasteiger partial charge in [0.1, 0.15) is 5.75 Å². The summed E-state index contributed by atoms with van der Waals surface area (Å²) in [4.78, 5) is 0. The van der Waals surface area contributed by atoms with Crippen molar-refractivity contribution in [2.75, 3.05) is 6.54 Å². The normalized spacial score (nSPS) is 18.1. The van der Waals surface area contributed by atoms with Gasteiger partial charge in [-0.15, -0.1) is 0 Å². The van der Waals surface area contributed by atoms with Crippen molar-refractivity contribution in [3.63, 3.8) is 0 Å². The zero-order valence-corrected chi connectivity index (χ0v) is 11.4. The molecule has 2 rings (SSSR count). The van der Waals surface area contributed by atoms with E-state index in [9.17, 15) is 5.11 Å². The first-order chi connectivity index (χ1) is 8.79. The first-order valence-electron chi connectivity index (χ1n) is 7.31. The molecule has 0 bridgehead atoms. The highest BCUT2D eigenvalue weighted by Gasteiger charge is 2.22. The summed E-state index contributed by atoms with van der Waals surface area (Å²) in [5.74, 6) is 1.26. The molecule has 1 fully saturated rings. The van der Waals surface area contributed by atoms with E-state index in [1.807, 2.05) is 12.1 Å². The smallest absolute Gasteiger partial charge is 0.115 e. The van der Waals surface area contributed by atoms with Gasteiger partial charge in [0, 0.05) is 6.04 Å². The Hall–Kier alpha value is -1.02. The third kappa shape index (κ3) is 3.74. The fourth-order valence-electron chi connectivity index (χ4n) is 3.12. The van der Waals surface area contributed by atoms with E-state index < -0.39 is 0 Å². The lowest BCUT2D eigenvalue weighted by Gasteiger charge is -2.23. The third-order valence-corrected chi connectivity index (χ3v) is 4.14. The molecule has 1 unspecified atom stereocenters. The molecule has 2 nitrogen and oxygen atoms in total. The Labute approximate surface area is 110 Å². The van der Waals surface area contributed by atoms with Crippen LogP contribution in [0.25, 0.3) is 0 Å². The van der Waals surface area contributed by atoms with Gasteiger partial charge in [-0.2, -0.15) is 0 Å². The minimum Gasteiger partial charge on any atom is -0.508 e. The highest BCUT2D eigenvalue weighted by Crippen LogP contribution is 2.28. The van der Waals surface area contributed by atoms with Crippen molar-refractivity contribution >= 4 is 0 Å². The van der Waals surface area contributed by atoms with Crippen LogP contribution in [0.2, 0.25) is 0 Å². The van der Waals surface area contributed by atoms with Crippen LogP contribution in [0, 0.1) is 5.92 Å². The number of benzene rings is 1. The summed E-state index contributed by atoms with van der Waals surface area (Å²) in [5, 5.41) is 13.1. The second kappa shape index (κ2) is 6.79. The van der Waals surface area contributed by atoms with Crippen molar-refractivity contribution in [1.29, 1.82) is 0 Å². The van der Waals surface area contributed by atoms with Gasteiger partial charge in [0.25, 0.3) is 0 Å². The molecular formula is C16H25NO. The monoisotopic (exact) mass is 247 g/mol. The first kappa shape index (κ1) is 13.4. The van der Waals surface area contributed by atoms with Crippen LogP contribution in [0.5, 0.6) is 5.75 Å². The Morgan fingerprint density at radius 2 is 2.11 bits per heavy atom. The van der Waals surface area contributed by atoms with E-state index >= 15 is 0 Å². The van der Waals surface area contributed by atoms with Gasteiger partial charge < -0.3 is 10.4 Å². The van der Waals surface area contributed by atoms with E-state index in [4.69, 9.17) is 0 Å². The average molecular weight is 247 g/mol. The molecule has 0 amide bonds. The van der Waals surface area contributed by atoms with Crippen LogP contribution in [-0.2, 0) is 6.42 Å². The van der Waals surface area contributed by atoms with Crippen LogP contribution in [-0.4, -0.2) is 17.7 Å². The fourth-order valence-corrected chi connectivity index (χ4v) is 3.12. The fraction of sp³-hybridized carbons (Fsp3) is 0.625. The number of nitrogens with one attached hydrogen (secondary N) is 1. The minimum absolute atomic E-state index is 0.371. The summed E-state index contributed by atoms with van der Waals surface area (Å²) in [5.41, 5.74) is 1.21. The molecule has 100 valence electrons. The molecule has 0 aromatic heterocycles. The van der Waals surface area contributed by atoms with E-state index in [0.717, 1.165) is 18.9 Å². The number of hydrogen-bond donors (Lipinski definition) is 2. The predicted octanol–water partition coefficient (Wildman–Crippen LogP) is 3.49. The van der Waals surface area contributed by atoms with Crippen LogP contribution in [0.4, 0.5) is 0 Å². The summed E-state index contributed by atoms with van der Waals surface area (Å²) in [6.07, 6.45) is 7.85. The number of rotatable bonds is 6. The van der Waals surface area contributed by atoms with Crippen LogP contribution >= 0.6 is 0 Å². The van der Waals surface area contributed by atoms with Crippen molar-refractivity contribution in [3.05, 3.63) is 29.8 Å². The maximum Gasteiger partial charge on any atom is 0.115 e. The summed E-state index contributed by atoms with van der Waals surface area (Å²) in [6, 6.07) is 8.27. The molecule has 1 atom stereocenters. The molecule has 0 heterocycles. The third-order valence-electron chi connectivity index (χ3n) is 4.14. The summed E-state index contributed by atoms with van der Waals surface area (Å²) in [7, 11) is 0. The highest BCUT2D eigenvalue weighted by molar-refractivity contribution is 5.27. The Morgan fingerprint density at radius 3 is 2.78 bits per heavy atom. The highest BCUT2D eigenvalue weighted by atomic mass is 16.3. The summed E-state index contributed by atoms with van der Waals surface area (Å²) < 4.78 is 0. The van der Waals surface area contributed by atoms with Crippen LogP contribution in [0.15, 0.2) is 24.3 Å². The molecule has 18 heavy (non-hydrogen) atoms. The van der Waals surface area contributed by atoms with Crippen LogP contribution < -0.4 is 5.32 Å². The minimum atomic E-state index is 0.371. The average Bonchev–Trinajstić information content (AvgIpc) is 2.88. The van der Waals surface area contributed by atoms with Crippen molar-refractivity contribution < 1.29 is 5.11 Å². The molecule has 1 aliphatic carbocycles. The number of aromatic hydroxyl groups is 1. The second-order valence-corrected chi connectivity index (χ2v) is 5.43. The number of phenolic OH excluding ortho intramolecular Hbond substituents is 1. The molecule has 1 aliphatic rings. The van der Waals surface area contributed by atoms with Gasteiger partial charge in [0.2, 0.25) is 0 Å². The maximum atomic E-state index is 9.42. The largest absolute Gasteiger partial charge is 0.508 e. The molecule has 0 spiro atoms. The maximum absolute atomic E-state index is 9.42. The SMILES string of the molecule is CCC(NCCc1cccc(O)c1)C1CCCC1. The quantitative estimate of drug-likeness (QED) is 0.806. The molecule has 2 N–H and O–H groups in total. The van der Waals surface area contributed by atoms with E-state index in [-0.39, 0.29) is 0 Å². The van der Waals surface area contributed by atoms with Gasteiger partial charge in [0.15, 0.2) is 0 Å². The number of hydrogen-bond acceptors (Lipinski definition) is 2. The van der Waals surface area contributed by atoms with Gasteiger partial charge >= 0.3 is 0 Å². The van der Waals surface area contributed by atoms with Crippen LogP contribution in [0.1, 0.15) is 44.6 Å². The van der Waals surface area contributed by atoms with Gasteiger partial charge in [-0.3, -0.25) is 0 Å². The molecule has 2 heteroatoms. The summed E-state index contributed by atoms with van der Waals surface area (Å²) in [6.45, 7) is 3.29. The standard InChI is InChI=1S/C16H25NO/c1-2-16(14-7-3-4-8-14)17-11-10-13-6-5-9-15(18)12-13/h5-6,9,12,14,16-18H,2-4,7-8,10-11H2,1H3. The lowest BCUT2D eigenvalue weighted by molar-refractivity contribution is 0.351. The van der Waals surface area contributed by atoms with E-state index in [2.05, 4.69) is 18.3 Å². The molecular weight excluding hydrogens is 222 g/mol. The molecule has 1 saturated carbocycles. The molecule has 1 aromatic rings. The molecule has 0 radical (unpaired) electrons. The number of phenols is 1. The Kier molecular flexibility index (Phi) is 5.06. The molecule has 1 aromatic carbocycles. The molecule has 0 aliphatic heterocycles. The second-order valence-electron chi connectivity index (χ2n) is 5.43. The Bertz CT molecular complexity index is 358. The van der Waals surface area contributed by atoms with Gasteiger partial charge in [-0.25, -0.2) is 0 Å². The van der Waals surface area contributed by atoms with Gasteiger partial charge in [-0.05, 0) is 55.8 Å².